The monoisotopic (exact) mass is 664 g/mol. The first-order chi connectivity index (χ1) is 19.7. The lowest BCUT2D eigenvalue weighted by atomic mass is 10.2. The molecule has 0 aliphatic rings. The van der Waals surface area contributed by atoms with E-state index in [9.17, 15) is 39.5 Å². The lowest BCUT2D eigenvalue weighted by Gasteiger charge is -2.14. The Kier molecular flexibility index (Phi) is 9.51. The first-order valence-electron chi connectivity index (χ1n) is 11.5. The third-order valence-electron chi connectivity index (χ3n) is 5.75. The Morgan fingerprint density at radius 1 is 0.605 bits per heavy atom. The zero-order valence-electron chi connectivity index (χ0n) is 22.5. The van der Waals surface area contributed by atoms with Gasteiger partial charge in [0.15, 0.2) is 11.6 Å². The summed E-state index contributed by atoms with van der Waals surface area (Å²) in [5, 5.41) is 7.02. The fourth-order valence-electron chi connectivity index (χ4n) is 3.68. The Bertz CT molecular complexity index is 1630. The number of rotatable bonds is 4. The number of nitrogens with zero attached hydrogens (tertiary/aromatic N) is 6. The summed E-state index contributed by atoms with van der Waals surface area (Å²) in [6.45, 7) is 4.11. The highest BCUT2D eigenvalue weighted by atomic mass is 35.5. The van der Waals surface area contributed by atoms with E-state index in [2.05, 4.69) is 24.9 Å². The molecular weight excluding hydrogens is 646 g/mol. The molecule has 8 nitrogen and oxygen atoms in total. The number of aryl methyl sites for hydroxylation is 1. The minimum Gasteiger partial charge on any atom is -0.481 e. The predicted octanol–water partition coefficient (Wildman–Crippen LogP) is 7.84. The maximum absolute atomic E-state index is 12.8. The molecule has 0 saturated carbocycles. The van der Waals surface area contributed by atoms with Gasteiger partial charge in [0.1, 0.15) is 10.6 Å². The van der Waals surface area contributed by atoms with E-state index in [1.54, 1.807) is 13.0 Å². The molecule has 43 heavy (non-hydrogen) atoms. The summed E-state index contributed by atoms with van der Waals surface area (Å²) in [6, 6.07) is 2.09. The van der Waals surface area contributed by atoms with Gasteiger partial charge in [0.05, 0.1) is 54.2 Å². The van der Waals surface area contributed by atoms with Crippen molar-refractivity contribution in [1.82, 2.24) is 29.5 Å². The Morgan fingerprint density at radius 3 is 1.42 bits per heavy atom. The van der Waals surface area contributed by atoms with E-state index >= 15 is 0 Å². The number of methoxy groups -OCH3 is 2. The average molecular weight is 665 g/mol. The van der Waals surface area contributed by atoms with E-state index in [0.29, 0.717) is 22.5 Å². The second-order valence-corrected chi connectivity index (χ2v) is 9.39. The van der Waals surface area contributed by atoms with E-state index in [-0.39, 0.29) is 28.1 Å². The van der Waals surface area contributed by atoms with Crippen molar-refractivity contribution in [2.24, 2.45) is 0 Å². The van der Waals surface area contributed by atoms with Gasteiger partial charge in [0.2, 0.25) is 11.8 Å². The fraction of sp³-hybridized carbons (Fsp3) is 0.333. The van der Waals surface area contributed by atoms with Crippen LogP contribution in [0.2, 0.25) is 10.0 Å². The number of aromatic nitrogens is 6. The average Bonchev–Trinajstić information content (AvgIpc) is 3.46. The molecule has 234 valence electrons. The van der Waals surface area contributed by atoms with Crippen LogP contribution >= 0.6 is 23.2 Å². The molecule has 4 aromatic rings. The van der Waals surface area contributed by atoms with Crippen LogP contribution in [0.4, 0.5) is 39.5 Å². The van der Waals surface area contributed by atoms with Crippen molar-refractivity contribution in [3.8, 4) is 23.4 Å². The first kappa shape index (κ1) is 33.8. The molecule has 0 amide bonds. The summed E-state index contributed by atoms with van der Waals surface area (Å²) in [5.74, 6) is -0.833. The Labute approximate surface area is 247 Å². The van der Waals surface area contributed by atoms with Gasteiger partial charge in [-0.3, -0.25) is 0 Å². The van der Waals surface area contributed by atoms with Crippen LogP contribution in [-0.4, -0.2) is 43.7 Å². The predicted molar refractivity (Wildman–Crippen MR) is 135 cm³/mol. The van der Waals surface area contributed by atoms with E-state index in [1.165, 1.54) is 14.0 Å². The van der Waals surface area contributed by atoms with Crippen LogP contribution in [0.15, 0.2) is 24.5 Å². The van der Waals surface area contributed by atoms with E-state index in [1.807, 2.05) is 0 Å². The van der Waals surface area contributed by atoms with Crippen LogP contribution in [-0.2, 0) is 18.5 Å². The van der Waals surface area contributed by atoms with Crippen LogP contribution in [0.5, 0.6) is 11.8 Å². The second-order valence-electron chi connectivity index (χ2n) is 8.57. The highest BCUT2D eigenvalue weighted by Crippen LogP contribution is 2.39. The molecule has 0 aromatic carbocycles. The van der Waals surface area contributed by atoms with Crippen LogP contribution in [0.3, 0.4) is 0 Å². The van der Waals surface area contributed by atoms with Gasteiger partial charge in [0, 0.05) is 0 Å². The van der Waals surface area contributed by atoms with Crippen molar-refractivity contribution < 1.29 is 49.0 Å². The standard InChI is InChI=1S/C12H8ClF6N3O.C12H11ClF3N3O/c1-5-7(12(17,18)19)4-20-22(5)9-8(13)3-6(11(14,15)16)10(21-9)23-2;1-6-4-9(13)11(20-3)18-10(6)19-7(2)8(5-17-19)12(14,15)16/h3-4H,1-2H3;4-5H,1-3H3. The fourth-order valence-corrected chi connectivity index (χ4v) is 4.20. The summed E-state index contributed by atoms with van der Waals surface area (Å²) in [5.41, 5.74) is -2.90. The maximum atomic E-state index is 12.8. The molecule has 0 unspecified atom stereocenters. The molecule has 4 heterocycles. The number of alkyl halides is 9. The third kappa shape index (κ3) is 7.09. The topological polar surface area (TPSA) is 79.9 Å². The molecule has 0 saturated heterocycles. The Balaban J connectivity index is 0.000000238. The van der Waals surface area contributed by atoms with E-state index in [0.717, 1.165) is 24.9 Å². The molecule has 0 aliphatic heterocycles. The molecule has 19 heteroatoms. The van der Waals surface area contributed by atoms with Crippen molar-refractivity contribution in [2.45, 2.75) is 39.3 Å². The summed E-state index contributed by atoms with van der Waals surface area (Å²) in [7, 11) is 2.33. The Morgan fingerprint density at radius 2 is 1.02 bits per heavy atom. The number of halogens is 11. The quantitative estimate of drug-likeness (QED) is 0.207. The molecule has 4 rings (SSSR count). The summed E-state index contributed by atoms with van der Waals surface area (Å²) in [6.07, 6.45) is -12.6. The SMILES string of the molecule is COc1nc(-n2ncc(C(F)(F)F)c2C)c(C)cc1Cl.COc1nc(-n2ncc(C(F)(F)F)c2C)c(Cl)cc1C(F)(F)F. The van der Waals surface area contributed by atoms with Gasteiger partial charge in [0.25, 0.3) is 0 Å². The highest BCUT2D eigenvalue weighted by molar-refractivity contribution is 6.32. The van der Waals surface area contributed by atoms with E-state index < -0.39 is 51.9 Å². The van der Waals surface area contributed by atoms with Gasteiger partial charge in [-0.15, -0.1) is 0 Å². The van der Waals surface area contributed by atoms with Crippen molar-refractivity contribution in [2.75, 3.05) is 14.2 Å². The second kappa shape index (κ2) is 12.1. The van der Waals surface area contributed by atoms with Crippen LogP contribution in [0, 0.1) is 20.8 Å². The molecule has 0 N–H and O–H groups in total. The van der Waals surface area contributed by atoms with Gasteiger partial charge in [-0.2, -0.15) is 59.7 Å². The zero-order valence-corrected chi connectivity index (χ0v) is 24.0. The third-order valence-corrected chi connectivity index (χ3v) is 6.30. The van der Waals surface area contributed by atoms with Gasteiger partial charge in [-0.1, -0.05) is 23.2 Å². The summed E-state index contributed by atoms with van der Waals surface area (Å²) in [4.78, 5) is 7.64. The lowest BCUT2D eigenvalue weighted by Crippen LogP contribution is -2.13. The van der Waals surface area contributed by atoms with Crippen LogP contribution in [0.1, 0.15) is 33.6 Å². The number of ether oxygens (including phenoxy) is 2. The summed E-state index contributed by atoms with van der Waals surface area (Å²) >= 11 is 11.6. The van der Waals surface area contributed by atoms with Crippen molar-refractivity contribution in [3.63, 3.8) is 0 Å². The molecule has 0 fully saturated rings. The van der Waals surface area contributed by atoms with Crippen molar-refractivity contribution in [3.05, 3.63) is 68.2 Å². The molecular formula is C24H19Cl2F9N6O2. The highest BCUT2D eigenvalue weighted by Gasteiger charge is 2.38. The normalized spacial score (nSPS) is 12.2. The minimum absolute atomic E-state index is 0.0440. The number of hydrogen-bond acceptors (Lipinski definition) is 6. The molecule has 0 radical (unpaired) electrons. The van der Waals surface area contributed by atoms with Gasteiger partial charge < -0.3 is 9.47 Å². The van der Waals surface area contributed by atoms with Gasteiger partial charge in [-0.25, -0.2) is 9.36 Å². The van der Waals surface area contributed by atoms with Gasteiger partial charge >= 0.3 is 18.5 Å². The molecule has 0 atom stereocenters. The zero-order chi connectivity index (χ0) is 32.7. The smallest absolute Gasteiger partial charge is 0.421 e. The minimum atomic E-state index is -4.78. The van der Waals surface area contributed by atoms with E-state index in [4.69, 9.17) is 27.9 Å². The molecule has 0 spiro atoms. The molecule has 4 aromatic heterocycles. The van der Waals surface area contributed by atoms with Crippen LogP contribution < -0.4 is 9.47 Å². The lowest BCUT2D eigenvalue weighted by molar-refractivity contribution is -0.139. The first-order valence-corrected chi connectivity index (χ1v) is 12.2. The number of pyridine rings is 2. The van der Waals surface area contributed by atoms with Crippen LogP contribution in [0.25, 0.3) is 11.6 Å². The van der Waals surface area contributed by atoms with Gasteiger partial charge in [-0.05, 0) is 38.5 Å². The number of hydrogen-bond donors (Lipinski definition) is 0. The largest absolute Gasteiger partial charge is 0.481 e. The molecule has 0 bridgehead atoms. The molecule has 0 aliphatic carbocycles. The maximum Gasteiger partial charge on any atom is 0.421 e. The summed E-state index contributed by atoms with van der Waals surface area (Å²) < 4.78 is 126. The van der Waals surface area contributed by atoms with Crippen molar-refractivity contribution in [1.29, 1.82) is 0 Å². The Hall–Kier alpha value is -3.73. The van der Waals surface area contributed by atoms with Crippen molar-refractivity contribution >= 4 is 23.2 Å².